The van der Waals surface area contributed by atoms with Crippen molar-refractivity contribution < 1.29 is 36.7 Å². The molecule has 2 aliphatic heterocycles. The number of rotatable bonds is 14. The number of anilines is 3. The zero-order valence-electron chi connectivity index (χ0n) is 40.3. The summed E-state index contributed by atoms with van der Waals surface area (Å²) < 4.78 is 50.9. The van der Waals surface area contributed by atoms with E-state index in [0.717, 1.165) is 24.2 Å². The molecule has 0 saturated carbocycles. The smallest absolute Gasteiger partial charge is 0.253 e. The molecule has 2 fully saturated rings. The molecule has 0 aliphatic carbocycles. The van der Waals surface area contributed by atoms with E-state index in [9.17, 15) is 28.0 Å². The minimum atomic E-state index is -0.959. The highest BCUT2D eigenvalue weighted by Crippen LogP contribution is 2.35. The van der Waals surface area contributed by atoms with Crippen LogP contribution in [0.4, 0.5) is 26.2 Å². The van der Waals surface area contributed by atoms with Crippen LogP contribution in [0.15, 0.2) is 73.0 Å². The van der Waals surface area contributed by atoms with E-state index in [4.69, 9.17) is 18.3 Å². The lowest BCUT2D eigenvalue weighted by Gasteiger charge is -2.30. The third-order valence-corrected chi connectivity index (χ3v) is 12.5. The SMILES string of the molecule is Br.CC(Br)c1cc(C(=O)N(C)CCN(C)C)cc2c(=O)cc(N3CCOCC3)oc12.CC(c1cc(C(=O)N(C)CCN(C)C)cc2c(=O)cc(N3CCOCC3)oc12)N(C)c1ccc(F)c(F)c1. The summed E-state index contributed by atoms with van der Waals surface area (Å²) in [5.74, 6) is -1.26. The van der Waals surface area contributed by atoms with Gasteiger partial charge < -0.3 is 52.6 Å². The molecular formula is C49H63Br2F2N7O8. The number of carbonyl (C=O) groups excluding carboxylic acids is 2. The average Bonchev–Trinajstić information content (AvgIpc) is 3.32. The topological polar surface area (TPSA) is 136 Å². The van der Waals surface area contributed by atoms with E-state index < -0.39 is 17.7 Å². The third-order valence-electron chi connectivity index (χ3n) is 12.1. The van der Waals surface area contributed by atoms with Crippen LogP contribution >= 0.6 is 32.9 Å². The van der Waals surface area contributed by atoms with Crippen LogP contribution in [0, 0.1) is 11.6 Å². The van der Waals surface area contributed by atoms with E-state index in [1.165, 1.54) is 18.2 Å². The number of alkyl halides is 1. The Morgan fingerprint density at radius 3 is 1.46 bits per heavy atom. The molecule has 2 atom stereocenters. The molecule has 2 aromatic heterocycles. The largest absolute Gasteiger partial charge is 0.440 e. The van der Waals surface area contributed by atoms with Gasteiger partial charge in [-0.15, -0.1) is 17.0 Å². The lowest BCUT2D eigenvalue weighted by molar-refractivity contribution is 0.0779. The van der Waals surface area contributed by atoms with Gasteiger partial charge >= 0.3 is 0 Å². The Kier molecular flexibility index (Phi) is 19.1. The molecule has 15 nitrogen and oxygen atoms in total. The number of ether oxygens (including phenoxy) is 2. The number of fused-ring (bicyclic) bond motifs is 2. The predicted octanol–water partition coefficient (Wildman–Crippen LogP) is 7.04. The number of morpholine rings is 2. The highest BCUT2D eigenvalue weighted by molar-refractivity contribution is 9.09. The van der Waals surface area contributed by atoms with E-state index in [-0.39, 0.29) is 49.9 Å². The highest BCUT2D eigenvalue weighted by Gasteiger charge is 2.26. The first-order valence-corrected chi connectivity index (χ1v) is 23.3. The standard InChI is InChI=1S/C28H34F2N4O4.C21H28BrN3O4.BrH/c1-18(33(5)20-6-7-23(29)24(30)16-20)21-14-19(28(36)32(4)9-8-31(2)3)15-22-25(35)17-26(38-27(21)22)34-10-12-37-13-11-34;1-14(22)16-11-15(21(27)24(4)6-5-23(2)3)12-17-18(26)13-19(29-20(16)17)25-7-9-28-10-8-25;/h6-7,14-18H,8-13H2,1-5H3;11-14H,5-10H2,1-4H3;1H. The van der Waals surface area contributed by atoms with Crippen molar-refractivity contribution in [2.75, 3.05) is 143 Å². The van der Waals surface area contributed by atoms with Gasteiger partial charge in [-0.25, -0.2) is 8.78 Å². The summed E-state index contributed by atoms with van der Waals surface area (Å²) in [5.41, 5.74) is 3.14. The van der Waals surface area contributed by atoms with E-state index in [1.807, 2.05) is 67.7 Å². The maximum absolute atomic E-state index is 14.0. The average molecular weight is 1080 g/mol. The van der Waals surface area contributed by atoms with Gasteiger partial charge in [0.15, 0.2) is 34.3 Å². The van der Waals surface area contributed by atoms with Crippen molar-refractivity contribution in [2.24, 2.45) is 0 Å². The Hall–Kier alpha value is -4.92. The monoisotopic (exact) mass is 1070 g/mol. The minimum absolute atomic E-state index is 0. The second-order valence-corrected chi connectivity index (χ2v) is 18.9. The van der Waals surface area contributed by atoms with Gasteiger partial charge in [-0.3, -0.25) is 19.2 Å². The molecule has 19 heteroatoms. The first-order valence-electron chi connectivity index (χ1n) is 22.4. The van der Waals surface area contributed by atoms with Crippen molar-refractivity contribution >= 4 is 84.1 Å². The molecule has 2 amide bonds. The summed E-state index contributed by atoms with van der Waals surface area (Å²) >= 11 is 3.59. The second-order valence-electron chi connectivity index (χ2n) is 17.5. The summed E-state index contributed by atoms with van der Waals surface area (Å²) in [7, 11) is 13.0. The fourth-order valence-electron chi connectivity index (χ4n) is 7.76. The molecular weight excluding hydrogens is 1010 g/mol. The van der Waals surface area contributed by atoms with Gasteiger partial charge in [0, 0.05) is 124 Å². The Bertz CT molecular complexity index is 2670. The zero-order valence-corrected chi connectivity index (χ0v) is 43.6. The molecule has 2 aliphatic rings. The maximum atomic E-state index is 14.0. The minimum Gasteiger partial charge on any atom is -0.440 e. The van der Waals surface area contributed by atoms with Crippen molar-refractivity contribution in [1.82, 2.24) is 19.6 Å². The normalized spacial score (nSPS) is 14.9. The van der Waals surface area contributed by atoms with Crippen LogP contribution in [-0.4, -0.2) is 160 Å². The Balaban J connectivity index is 0.000000259. The van der Waals surface area contributed by atoms with Crippen molar-refractivity contribution in [1.29, 1.82) is 0 Å². The van der Waals surface area contributed by atoms with Crippen molar-refractivity contribution in [3.8, 4) is 0 Å². The van der Waals surface area contributed by atoms with Gasteiger partial charge in [0.25, 0.3) is 11.8 Å². The highest BCUT2D eigenvalue weighted by atomic mass is 79.9. The van der Waals surface area contributed by atoms with Crippen LogP contribution in [-0.2, 0) is 9.47 Å². The molecule has 7 rings (SSSR count). The predicted molar refractivity (Wildman–Crippen MR) is 273 cm³/mol. The van der Waals surface area contributed by atoms with Gasteiger partial charge in [-0.05, 0) is 78.4 Å². The molecule has 0 bridgehead atoms. The molecule has 5 aromatic rings. The Labute approximate surface area is 415 Å². The van der Waals surface area contributed by atoms with Crippen LogP contribution < -0.4 is 25.6 Å². The first kappa shape index (κ1) is 54.0. The van der Waals surface area contributed by atoms with Crippen LogP contribution in [0.2, 0.25) is 0 Å². The number of hydrogen-bond acceptors (Lipinski definition) is 13. The Morgan fingerprint density at radius 2 is 1.04 bits per heavy atom. The maximum Gasteiger partial charge on any atom is 0.253 e. The lowest BCUT2D eigenvalue weighted by Crippen LogP contribution is -2.36. The molecule has 2 unspecified atom stereocenters. The van der Waals surface area contributed by atoms with Crippen LogP contribution in [0.25, 0.3) is 21.9 Å². The number of hydrogen-bond donors (Lipinski definition) is 0. The summed E-state index contributed by atoms with van der Waals surface area (Å²) in [6.07, 6.45) is 0. The Morgan fingerprint density at radius 1 is 0.618 bits per heavy atom. The molecule has 0 N–H and O–H groups in total. The lowest BCUT2D eigenvalue weighted by atomic mass is 9.99. The van der Waals surface area contributed by atoms with E-state index in [1.54, 1.807) is 54.0 Å². The molecule has 3 aromatic carbocycles. The van der Waals surface area contributed by atoms with Gasteiger partial charge in [-0.2, -0.15) is 0 Å². The van der Waals surface area contributed by atoms with Crippen molar-refractivity contribution in [3.05, 3.63) is 109 Å². The number of carbonyl (C=O) groups is 2. The molecule has 0 spiro atoms. The third kappa shape index (κ3) is 13.0. The van der Waals surface area contributed by atoms with Crippen LogP contribution in [0.1, 0.15) is 56.6 Å². The summed E-state index contributed by atoms with van der Waals surface area (Å²) in [6, 6.07) is 13.0. The molecule has 0 radical (unpaired) electrons. The van der Waals surface area contributed by atoms with Gasteiger partial charge in [0.2, 0.25) is 0 Å². The summed E-state index contributed by atoms with van der Waals surface area (Å²) in [5, 5.41) is 0.713. The van der Waals surface area contributed by atoms with Gasteiger partial charge in [0.1, 0.15) is 11.2 Å². The zero-order chi connectivity index (χ0) is 48.7. The molecule has 2 saturated heterocycles. The quantitative estimate of drug-likeness (QED) is 0.105. The number of halogens is 4. The van der Waals surface area contributed by atoms with Crippen LogP contribution in [0.3, 0.4) is 0 Å². The van der Waals surface area contributed by atoms with Gasteiger partial charge in [0.05, 0.1) is 43.2 Å². The summed E-state index contributed by atoms with van der Waals surface area (Å²) in [6.45, 7) is 11.2. The number of nitrogens with zero attached hydrogens (tertiary/aromatic N) is 7. The fourth-order valence-corrected chi connectivity index (χ4v) is 8.10. The number of amides is 2. The van der Waals surface area contributed by atoms with E-state index in [2.05, 4.69) is 15.9 Å². The second kappa shape index (κ2) is 24.1. The van der Waals surface area contributed by atoms with E-state index >= 15 is 0 Å². The van der Waals surface area contributed by atoms with Crippen molar-refractivity contribution in [2.45, 2.75) is 24.7 Å². The summed E-state index contributed by atoms with van der Waals surface area (Å²) in [4.78, 5) is 65.5. The number of likely N-dealkylation sites (N-methyl/N-ethyl adjacent to an activating group) is 4. The molecule has 68 heavy (non-hydrogen) atoms. The number of benzene rings is 3. The van der Waals surface area contributed by atoms with Crippen LogP contribution in [0.5, 0.6) is 0 Å². The molecule has 4 heterocycles. The van der Waals surface area contributed by atoms with Gasteiger partial charge in [-0.1, -0.05) is 15.9 Å². The fraction of sp³-hybridized carbons (Fsp3) is 0.469. The van der Waals surface area contributed by atoms with E-state index in [0.29, 0.717) is 123 Å². The first-order chi connectivity index (χ1) is 31.8. The van der Waals surface area contributed by atoms with Crippen molar-refractivity contribution in [3.63, 3.8) is 0 Å². The molecule has 370 valence electrons.